The van der Waals surface area contributed by atoms with E-state index in [0.29, 0.717) is 17.1 Å². The van der Waals surface area contributed by atoms with Crippen LogP contribution in [0.15, 0.2) is 48.5 Å². The van der Waals surface area contributed by atoms with E-state index in [1.54, 1.807) is 31.3 Å². The molecule has 2 aromatic carbocycles. The van der Waals surface area contributed by atoms with Crippen molar-refractivity contribution in [3.8, 4) is 11.4 Å². The van der Waals surface area contributed by atoms with Crippen molar-refractivity contribution >= 4 is 17.5 Å². The van der Waals surface area contributed by atoms with Gasteiger partial charge in [0.1, 0.15) is 6.54 Å². The topological polar surface area (TPSA) is 102 Å². The van der Waals surface area contributed by atoms with Crippen LogP contribution in [0.2, 0.25) is 0 Å². The summed E-state index contributed by atoms with van der Waals surface area (Å²) in [5.41, 5.74) is 2.89. The number of carbonyl (C=O) groups excluding carboxylic acids is 2. The molecule has 1 aromatic heterocycles. The van der Waals surface area contributed by atoms with Crippen LogP contribution in [0.4, 0.5) is 5.69 Å². The molecule has 3 aromatic rings. The standard InChI is InChI=1S/C18H18N6O2/c1-12-6-3-4-9-15(12)17-21-23-24(22-17)11-16(25)20-14-8-5-7-13(10-14)18(26)19-2/h3-10H,11H2,1-2H3,(H,19,26)(H,20,25). The van der Waals surface area contributed by atoms with Gasteiger partial charge in [-0.2, -0.15) is 4.80 Å². The van der Waals surface area contributed by atoms with Crippen molar-refractivity contribution < 1.29 is 9.59 Å². The van der Waals surface area contributed by atoms with Gasteiger partial charge in [0.15, 0.2) is 0 Å². The van der Waals surface area contributed by atoms with E-state index in [1.807, 2.05) is 31.2 Å². The van der Waals surface area contributed by atoms with Crippen LogP contribution in [0.1, 0.15) is 15.9 Å². The lowest BCUT2D eigenvalue weighted by Gasteiger charge is -2.06. The molecule has 0 spiro atoms. The summed E-state index contributed by atoms with van der Waals surface area (Å²) in [5, 5.41) is 17.4. The fourth-order valence-electron chi connectivity index (χ4n) is 2.45. The van der Waals surface area contributed by atoms with E-state index < -0.39 is 0 Å². The van der Waals surface area contributed by atoms with Crippen LogP contribution in [0.5, 0.6) is 0 Å². The Hall–Kier alpha value is -3.55. The lowest BCUT2D eigenvalue weighted by molar-refractivity contribution is -0.117. The van der Waals surface area contributed by atoms with E-state index in [1.165, 1.54) is 4.80 Å². The van der Waals surface area contributed by atoms with Gasteiger partial charge in [-0.15, -0.1) is 10.2 Å². The predicted molar refractivity (Wildman–Crippen MR) is 96.5 cm³/mol. The molecule has 0 aliphatic rings. The van der Waals surface area contributed by atoms with Crippen LogP contribution in [-0.2, 0) is 11.3 Å². The highest BCUT2D eigenvalue weighted by Gasteiger charge is 2.11. The number of hydrogen-bond donors (Lipinski definition) is 2. The summed E-state index contributed by atoms with van der Waals surface area (Å²) in [4.78, 5) is 25.1. The van der Waals surface area contributed by atoms with Gasteiger partial charge >= 0.3 is 0 Å². The summed E-state index contributed by atoms with van der Waals surface area (Å²) < 4.78 is 0. The molecule has 0 saturated heterocycles. The van der Waals surface area contributed by atoms with Gasteiger partial charge in [-0.3, -0.25) is 9.59 Å². The van der Waals surface area contributed by atoms with Crippen LogP contribution in [0, 0.1) is 6.92 Å². The van der Waals surface area contributed by atoms with Gasteiger partial charge in [0, 0.05) is 23.9 Å². The summed E-state index contributed by atoms with van der Waals surface area (Å²) in [6.07, 6.45) is 0. The number of nitrogens with one attached hydrogen (secondary N) is 2. The quantitative estimate of drug-likeness (QED) is 0.728. The largest absolute Gasteiger partial charge is 0.355 e. The highest BCUT2D eigenvalue weighted by atomic mass is 16.2. The maximum atomic E-state index is 12.2. The zero-order valence-electron chi connectivity index (χ0n) is 14.4. The summed E-state index contributed by atoms with van der Waals surface area (Å²) in [6, 6.07) is 14.4. The number of hydrogen-bond acceptors (Lipinski definition) is 5. The van der Waals surface area contributed by atoms with Gasteiger partial charge in [0.05, 0.1) is 0 Å². The average Bonchev–Trinajstić information content (AvgIpc) is 3.09. The summed E-state index contributed by atoms with van der Waals surface area (Å²) in [7, 11) is 1.55. The Labute approximate surface area is 150 Å². The molecule has 2 amide bonds. The molecule has 0 radical (unpaired) electrons. The van der Waals surface area contributed by atoms with Crippen molar-refractivity contribution in [2.75, 3.05) is 12.4 Å². The normalized spacial score (nSPS) is 10.4. The zero-order chi connectivity index (χ0) is 18.5. The lowest BCUT2D eigenvalue weighted by atomic mass is 10.1. The molecule has 1 heterocycles. The Balaban J connectivity index is 1.68. The van der Waals surface area contributed by atoms with Crippen molar-refractivity contribution in [1.29, 1.82) is 0 Å². The Morgan fingerprint density at radius 1 is 1.12 bits per heavy atom. The van der Waals surface area contributed by atoms with Crippen LogP contribution in [0.25, 0.3) is 11.4 Å². The molecule has 132 valence electrons. The second-order valence-electron chi connectivity index (χ2n) is 5.67. The first kappa shape index (κ1) is 17.3. The fourth-order valence-corrected chi connectivity index (χ4v) is 2.45. The predicted octanol–water partition coefficient (Wildman–Crippen LogP) is 1.65. The Morgan fingerprint density at radius 3 is 2.69 bits per heavy atom. The number of rotatable bonds is 5. The zero-order valence-corrected chi connectivity index (χ0v) is 14.4. The highest BCUT2D eigenvalue weighted by molar-refractivity contribution is 5.96. The number of nitrogens with zero attached hydrogens (tertiary/aromatic N) is 4. The summed E-state index contributed by atoms with van der Waals surface area (Å²) in [6.45, 7) is 1.88. The van der Waals surface area contributed by atoms with Gasteiger partial charge in [0.25, 0.3) is 5.91 Å². The Kier molecular flexibility index (Phi) is 5.02. The Bertz CT molecular complexity index is 950. The van der Waals surface area contributed by atoms with E-state index in [9.17, 15) is 9.59 Å². The molecule has 0 saturated carbocycles. The van der Waals surface area contributed by atoms with Crippen molar-refractivity contribution in [3.05, 3.63) is 59.7 Å². The van der Waals surface area contributed by atoms with Crippen molar-refractivity contribution in [1.82, 2.24) is 25.5 Å². The van der Waals surface area contributed by atoms with Crippen molar-refractivity contribution in [2.45, 2.75) is 13.5 Å². The molecule has 0 aliphatic carbocycles. The van der Waals surface area contributed by atoms with E-state index in [2.05, 4.69) is 26.0 Å². The monoisotopic (exact) mass is 350 g/mol. The van der Waals surface area contributed by atoms with Crippen molar-refractivity contribution in [2.24, 2.45) is 0 Å². The van der Waals surface area contributed by atoms with Gasteiger partial charge in [-0.1, -0.05) is 30.3 Å². The molecule has 2 N–H and O–H groups in total. The van der Waals surface area contributed by atoms with E-state index >= 15 is 0 Å². The minimum absolute atomic E-state index is 0.0803. The van der Waals surface area contributed by atoms with E-state index in [0.717, 1.165) is 11.1 Å². The number of amides is 2. The number of aryl methyl sites for hydroxylation is 1. The first-order valence-corrected chi connectivity index (χ1v) is 8.02. The maximum Gasteiger partial charge on any atom is 0.251 e. The molecule has 8 nitrogen and oxygen atoms in total. The average molecular weight is 350 g/mol. The molecule has 3 rings (SSSR count). The minimum atomic E-state index is -0.312. The van der Waals surface area contributed by atoms with Gasteiger partial charge in [0.2, 0.25) is 11.7 Å². The third kappa shape index (κ3) is 3.92. The third-order valence-electron chi connectivity index (χ3n) is 3.76. The molecule has 8 heteroatoms. The van der Waals surface area contributed by atoms with Crippen LogP contribution >= 0.6 is 0 Å². The number of benzene rings is 2. The molecule has 0 atom stereocenters. The van der Waals surface area contributed by atoms with Crippen LogP contribution in [0.3, 0.4) is 0 Å². The SMILES string of the molecule is CNC(=O)c1cccc(NC(=O)Cn2nnc(-c3ccccc3C)n2)c1. The summed E-state index contributed by atoms with van der Waals surface area (Å²) >= 11 is 0. The molecule has 0 bridgehead atoms. The molecular formula is C18H18N6O2. The van der Waals surface area contributed by atoms with Crippen LogP contribution < -0.4 is 10.6 Å². The second kappa shape index (κ2) is 7.56. The second-order valence-corrected chi connectivity index (χ2v) is 5.67. The van der Waals surface area contributed by atoms with Gasteiger partial charge in [-0.05, 0) is 35.9 Å². The number of tetrazole rings is 1. The fraction of sp³-hybridized carbons (Fsp3) is 0.167. The smallest absolute Gasteiger partial charge is 0.251 e. The maximum absolute atomic E-state index is 12.2. The summed E-state index contributed by atoms with van der Waals surface area (Å²) in [5.74, 6) is -0.0628. The molecule has 26 heavy (non-hydrogen) atoms. The molecule has 0 fully saturated rings. The van der Waals surface area contributed by atoms with E-state index in [4.69, 9.17) is 0 Å². The number of anilines is 1. The highest BCUT2D eigenvalue weighted by Crippen LogP contribution is 2.17. The molecule has 0 unspecified atom stereocenters. The lowest BCUT2D eigenvalue weighted by Crippen LogP contribution is -2.21. The molecule has 0 aliphatic heterocycles. The van der Waals surface area contributed by atoms with E-state index in [-0.39, 0.29) is 18.4 Å². The number of aromatic nitrogens is 4. The minimum Gasteiger partial charge on any atom is -0.355 e. The first-order chi connectivity index (χ1) is 12.6. The third-order valence-corrected chi connectivity index (χ3v) is 3.76. The van der Waals surface area contributed by atoms with Gasteiger partial charge < -0.3 is 10.6 Å². The molecular weight excluding hydrogens is 332 g/mol. The Morgan fingerprint density at radius 2 is 1.92 bits per heavy atom. The van der Waals surface area contributed by atoms with Crippen LogP contribution in [-0.4, -0.2) is 39.1 Å². The van der Waals surface area contributed by atoms with Gasteiger partial charge in [-0.25, -0.2) is 0 Å². The van der Waals surface area contributed by atoms with Crippen molar-refractivity contribution in [3.63, 3.8) is 0 Å². The number of carbonyl (C=O) groups is 2. The first-order valence-electron chi connectivity index (χ1n) is 8.02.